The molecule has 0 bridgehead atoms. The molecule has 0 rings (SSSR count). The molecule has 0 aromatic rings. The largest absolute Gasteiger partial charge is 0.756 e. The molecule has 0 saturated heterocycles. The van der Waals surface area contributed by atoms with Gasteiger partial charge in [-0.25, -0.2) is 0 Å². The lowest BCUT2D eigenvalue weighted by Gasteiger charge is -2.30. The van der Waals surface area contributed by atoms with Gasteiger partial charge in [0.25, 0.3) is 7.82 Å². The lowest BCUT2D eigenvalue weighted by molar-refractivity contribution is -0.870. The van der Waals surface area contributed by atoms with Crippen LogP contribution < -0.4 is 10.2 Å². The Hall–Kier alpha value is -3.07. The quantitative estimate of drug-likeness (QED) is 0.0161. The van der Waals surface area contributed by atoms with E-state index in [0.717, 1.165) is 89.9 Å². The fraction of sp³-hybridized carbons (Fsp3) is 0.684. The number of phosphoric acid groups is 1. The molecule has 9 nitrogen and oxygen atoms in total. The number of nitrogens with zero attached hydrogens (tertiary/aromatic N) is 1. The van der Waals surface area contributed by atoms with E-state index in [2.05, 4.69) is 50.4 Å². The SMILES string of the molecule is CC\C=C/C=C/C=C/C=C\C=C\C=C\CCCCCC(=O)OC(/C=C\CCCCCCCCCCCCC)C(COP(=O)([O-])OCC[N+](C)(C)C)NC(=O)CCCCCCC/C=C\CCCC. The van der Waals surface area contributed by atoms with Crippen LogP contribution >= 0.6 is 7.82 Å². The van der Waals surface area contributed by atoms with Crippen molar-refractivity contribution in [2.45, 2.75) is 213 Å². The van der Waals surface area contributed by atoms with Gasteiger partial charge in [-0.1, -0.05) is 215 Å². The minimum Gasteiger partial charge on any atom is -0.756 e. The number of likely N-dealkylation sites (N-methyl/N-ethyl adjacent to an activating group) is 1. The Bertz CT molecular complexity index is 1470. The molecule has 1 N–H and O–H groups in total. The number of nitrogens with one attached hydrogen (secondary N) is 1. The van der Waals surface area contributed by atoms with Gasteiger partial charge in [0.2, 0.25) is 5.91 Å². The average Bonchev–Trinajstić information content (AvgIpc) is 3.28. The van der Waals surface area contributed by atoms with Crippen molar-refractivity contribution in [1.29, 1.82) is 0 Å². The van der Waals surface area contributed by atoms with Crippen molar-refractivity contribution in [2.75, 3.05) is 40.9 Å². The summed E-state index contributed by atoms with van der Waals surface area (Å²) in [6, 6.07) is -0.914. The second kappa shape index (κ2) is 46.6. The van der Waals surface area contributed by atoms with Crippen LogP contribution in [0.25, 0.3) is 0 Å². The Labute approximate surface area is 411 Å². The molecule has 10 heteroatoms. The first-order chi connectivity index (χ1) is 32.4. The van der Waals surface area contributed by atoms with Gasteiger partial charge in [-0.2, -0.15) is 0 Å². The predicted molar refractivity (Wildman–Crippen MR) is 284 cm³/mol. The maximum absolute atomic E-state index is 13.4. The number of hydrogen-bond acceptors (Lipinski definition) is 7. The summed E-state index contributed by atoms with van der Waals surface area (Å²) in [5.41, 5.74) is 0. The van der Waals surface area contributed by atoms with Crippen molar-refractivity contribution in [1.82, 2.24) is 5.32 Å². The molecular weight excluding hydrogens is 856 g/mol. The number of ether oxygens (including phenoxy) is 1. The summed E-state index contributed by atoms with van der Waals surface area (Å²) >= 11 is 0. The maximum atomic E-state index is 13.4. The lowest BCUT2D eigenvalue weighted by atomic mass is 10.0. The van der Waals surface area contributed by atoms with Gasteiger partial charge in [0.05, 0.1) is 33.8 Å². The van der Waals surface area contributed by atoms with Gasteiger partial charge in [-0.3, -0.25) is 14.2 Å². The van der Waals surface area contributed by atoms with E-state index in [-0.39, 0.29) is 24.9 Å². The van der Waals surface area contributed by atoms with Crippen molar-refractivity contribution < 1.29 is 37.3 Å². The van der Waals surface area contributed by atoms with Crippen LogP contribution in [0.2, 0.25) is 0 Å². The Morgan fingerprint density at radius 3 is 1.54 bits per heavy atom. The Balaban J connectivity index is 5.54. The summed E-state index contributed by atoms with van der Waals surface area (Å²) in [6.07, 6.45) is 60.8. The highest BCUT2D eigenvalue weighted by Crippen LogP contribution is 2.38. The van der Waals surface area contributed by atoms with Crippen molar-refractivity contribution in [3.05, 3.63) is 97.2 Å². The Morgan fingerprint density at radius 2 is 0.985 bits per heavy atom. The number of rotatable bonds is 46. The van der Waals surface area contributed by atoms with Crippen LogP contribution in [0.3, 0.4) is 0 Å². The molecular formula is C57H99N2O7P. The number of unbranched alkanes of at least 4 members (excludes halogenated alkanes) is 21. The standard InChI is InChI=1S/C57H99N2O7P/c1-7-10-13-16-19-22-25-27-28-29-30-32-35-38-41-44-47-50-57(61)66-55(48-45-42-39-36-34-31-26-23-20-17-14-11-8-2)54(53-65-67(62,63)64-52-51-59(4,5)6)58-56(60)49-46-43-40-37-33-24-21-18-15-12-9-3/h10,13,16,18-19,21-22,25,27-30,32,35,45,48,54-55H,7-9,11-12,14-15,17,20,23-24,26,31,33-34,36-44,46-47,49-53H2,1-6H3,(H-,58,60,62,63)/b13-10-,19-16+,21-18-,25-22+,28-27-,30-29+,35-32+,48-45-. The third kappa shape index (κ3) is 47.8. The van der Waals surface area contributed by atoms with Crippen molar-refractivity contribution in [2.24, 2.45) is 0 Å². The van der Waals surface area contributed by atoms with E-state index in [4.69, 9.17) is 13.8 Å². The van der Waals surface area contributed by atoms with E-state index in [0.29, 0.717) is 23.9 Å². The number of hydrogen-bond donors (Lipinski definition) is 1. The average molecular weight is 955 g/mol. The highest BCUT2D eigenvalue weighted by molar-refractivity contribution is 7.45. The highest BCUT2D eigenvalue weighted by atomic mass is 31.2. The third-order valence-corrected chi connectivity index (χ3v) is 12.1. The number of allylic oxidation sites excluding steroid dienone is 15. The van der Waals surface area contributed by atoms with Crippen LogP contribution in [0.1, 0.15) is 201 Å². The molecule has 3 atom stereocenters. The van der Waals surface area contributed by atoms with Crippen molar-refractivity contribution >= 4 is 19.7 Å². The van der Waals surface area contributed by atoms with Gasteiger partial charge in [-0.05, 0) is 70.3 Å². The minimum atomic E-state index is -4.71. The minimum absolute atomic E-state index is 0.0364. The maximum Gasteiger partial charge on any atom is 0.306 e. The Morgan fingerprint density at radius 1 is 0.537 bits per heavy atom. The second-order valence-corrected chi connectivity index (χ2v) is 20.2. The van der Waals surface area contributed by atoms with E-state index in [1.165, 1.54) is 70.6 Å². The number of amides is 1. The zero-order chi connectivity index (χ0) is 49.4. The van der Waals surface area contributed by atoms with Crippen LogP contribution in [0, 0.1) is 0 Å². The van der Waals surface area contributed by atoms with E-state index in [1.54, 1.807) is 6.08 Å². The number of quaternary nitrogens is 1. The summed E-state index contributed by atoms with van der Waals surface area (Å²) in [6.45, 7) is 6.59. The first-order valence-electron chi connectivity index (χ1n) is 26.6. The van der Waals surface area contributed by atoms with Crippen LogP contribution in [0.4, 0.5) is 0 Å². The molecule has 0 fully saturated rings. The van der Waals surface area contributed by atoms with Gasteiger partial charge in [0, 0.05) is 12.8 Å². The van der Waals surface area contributed by atoms with Gasteiger partial charge in [-0.15, -0.1) is 0 Å². The zero-order valence-electron chi connectivity index (χ0n) is 43.6. The molecule has 0 radical (unpaired) electrons. The Kier molecular flexibility index (Phi) is 44.5. The summed E-state index contributed by atoms with van der Waals surface area (Å²) in [4.78, 5) is 39.7. The first-order valence-corrected chi connectivity index (χ1v) is 28.1. The molecule has 67 heavy (non-hydrogen) atoms. The van der Waals surface area contributed by atoms with E-state index in [9.17, 15) is 19.0 Å². The number of carbonyl (C=O) groups excluding carboxylic acids is 2. The molecule has 0 aliphatic carbocycles. The van der Waals surface area contributed by atoms with Gasteiger partial charge in [0.15, 0.2) is 0 Å². The smallest absolute Gasteiger partial charge is 0.306 e. The van der Waals surface area contributed by atoms with Gasteiger partial charge < -0.3 is 28.5 Å². The number of esters is 1. The molecule has 0 spiro atoms. The van der Waals surface area contributed by atoms with Gasteiger partial charge >= 0.3 is 5.97 Å². The van der Waals surface area contributed by atoms with Crippen molar-refractivity contribution in [3.8, 4) is 0 Å². The monoisotopic (exact) mass is 955 g/mol. The third-order valence-electron chi connectivity index (χ3n) is 11.2. The summed E-state index contributed by atoms with van der Waals surface area (Å²) < 4.78 is 30.1. The molecule has 0 aromatic heterocycles. The molecule has 384 valence electrons. The highest BCUT2D eigenvalue weighted by Gasteiger charge is 2.27. The normalized spacial score (nSPS) is 14.7. The molecule has 3 unspecified atom stereocenters. The molecule has 0 aliphatic heterocycles. The summed E-state index contributed by atoms with van der Waals surface area (Å²) in [7, 11) is 1.14. The summed E-state index contributed by atoms with van der Waals surface area (Å²) in [5.74, 6) is -0.612. The van der Waals surface area contributed by atoms with E-state index >= 15 is 0 Å². The molecule has 0 aliphatic rings. The number of carbonyl (C=O) groups is 2. The lowest BCUT2D eigenvalue weighted by Crippen LogP contribution is -2.47. The first kappa shape index (κ1) is 63.9. The molecule has 0 aromatic carbocycles. The van der Waals surface area contributed by atoms with Gasteiger partial charge in [0.1, 0.15) is 19.3 Å². The summed E-state index contributed by atoms with van der Waals surface area (Å²) in [5, 5.41) is 2.99. The molecule has 0 saturated carbocycles. The fourth-order valence-corrected chi connectivity index (χ4v) is 7.73. The number of phosphoric ester groups is 1. The van der Waals surface area contributed by atoms with Crippen LogP contribution in [0.5, 0.6) is 0 Å². The second-order valence-electron chi connectivity index (χ2n) is 18.8. The molecule has 0 heterocycles. The van der Waals surface area contributed by atoms with Crippen LogP contribution in [-0.4, -0.2) is 69.4 Å². The van der Waals surface area contributed by atoms with Crippen molar-refractivity contribution in [3.63, 3.8) is 0 Å². The predicted octanol–water partition coefficient (Wildman–Crippen LogP) is 15.0. The topological polar surface area (TPSA) is 114 Å². The molecule has 1 amide bonds. The fourth-order valence-electron chi connectivity index (χ4n) is 7.00. The van der Waals surface area contributed by atoms with E-state index < -0.39 is 26.6 Å². The van der Waals surface area contributed by atoms with Crippen LogP contribution in [-0.2, 0) is 27.9 Å². The van der Waals surface area contributed by atoms with E-state index in [1.807, 2.05) is 88.0 Å². The zero-order valence-corrected chi connectivity index (χ0v) is 44.5. The van der Waals surface area contributed by atoms with Crippen LogP contribution in [0.15, 0.2) is 97.2 Å².